The molecule has 156 valence electrons. The van der Waals surface area contributed by atoms with E-state index >= 15 is 0 Å². The van der Waals surface area contributed by atoms with Crippen molar-refractivity contribution in [2.24, 2.45) is 0 Å². The highest BCUT2D eigenvalue weighted by molar-refractivity contribution is 5.94. The molecule has 8 heteroatoms. The molecule has 0 aliphatic carbocycles. The van der Waals surface area contributed by atoms with Gasteiger partial charge in [-0.05, 0) is 59.7 Å². The van der Waals surface area contributed by atoms with E-state index in [4.69, 9.17) is 9.47 Å². The van der Waals surface area contributed by atoms with Crippen molar-refractivity contribution in [2.45, 2.75) is 0 Å². The molecule has 1 N–H and O–H groups in total. The Morgan fingerprint density at radius 2 is 1.59 bits per heavy atom. The molecule has 3 aromatic carbocycles. The van der Waals surface area contributed by atoms with E-state index in [0.29, 0.717) is 13.2 Å². The fourth-order valence-corrected chi connectivity index (χ4v) is 3.73. The number of hydrogen-bond acceptors (Lipinski definition) is 7. The van der Waals surface area contributed by atoms with E-state index in [-0.39, 0.29) is 0 Å². The second-order valence-electron chi connectivity index (χ2n) is 7.32. The first-order chi connectivity index (χ1) is 15.8. The molecule has 0 saturated heterocycles. The lowest BCUT2D eigenvalue weighted by atomic mass is 10.0. The fraction of sp³-hybridized carbons (Fsp3) is 0.0833. The first-order valence-electron chi connectivity index (χ1n) is 10.2. The number of benzene rings is 3. The van der Waals surface area contributed by atoms with Crippen molar-refractivity contribution < 1.29 is 9.47 Å². The van der Waals surface area contributed by atoms with Crippen molar-refractivity contribution in [1.82, 2.24) is 24.7 Å². The molecule has 0 spiro atoms. The van der Waals surface area contributed by atoms with Gasteiger partial charge >= 0.3 is 0 Å². The quantitative estimate of drug-likeness (QED) is 0.460. The van der Waals surface area contributed by atoms with Crippen molar-refractivity contribution >= 4 is 22.4 Å². The van der Waals surface area contributed by atoms with Crippen LogP contribution < -0.4 is 14.8 Å². The molecular formula is C24H18N6O2. The summed E-state index contributed by atoms with van der Waals surface area (Å²) in [5.41, 5.74) is 4.81. The van der Waals surface area contributed by atoms with Crippen LogP contribution in [0.15, 0.2) is 79.6 Å². The summed E-state index contributed by atoms with van der Waals surface area (Å²) in [7, 11) is 0. The molecule has 0 atom stereocenters. The van der Waals surface area contributed by atoms with Gasteiger partial charge in [-0.1, -0.05) is 12.1 Å². The third-order valence-corrected chi connectivity index (χ3v) is 5.32. The Kier molecular flexibility index (Phi) is 4.39. The number of aromatic nitrogens is 5. The average molecular weight is 422 g/mol. The zero-order valence-corrected chi connectivity index (χ0v) is 17.0. The van der Waals surface area contributed by atoms with Gasteiger partial charge < -0.3 is 14.8 Å². The van der Waals surface area contributed by atoms with Crippen molar-refractivity contribution in [3.63, 3.8) is 0 Å². The van der Waals surface area contributed by atoms with Gasteiger partial charge in [0.15, 0.2) is 11.5 Å². The maximum absolute atomic E-state index is 5.74. The second kappa shape index (κ2) is 7.66. The van der Waals surface area contributed by atoms with Gasteiger partial charge in [-0.15, -0.1) is 0 Å². The lowest BCUT2D eigenvalue weighted by molar-refractivity contribution is 0.171. The smallest absolute Gasteiger partial charge is 0.161 e. The summed E-state index contributed by atoms with van der Waals surface area (Å²) in [5.74, 6) is 2.28. The molecule has 0 bridgehead atoms. The summed E-state index contributed by atoms with van der Waals surface area (Å²) in [6.07, 6.45) is 4.75. The van der Waals surface area contributed by atoms with E-state index < -0.39 is 0 Å². The molecule has 8 nitrogen and oxygen atoms in total. The standard InChI is InChI=1S/C24H18N6O2/c1-7-21-20(11-16(1)17-2-8-22-23(12-17)32-10-9-31-22)24(27-14-26-21)29-18-3-5-19(6-4-18)30-15-25-13-28-30/h1-8,11-15H,9-10H2,(H,26,27,29). The fourth-order valence-electron chi connectivity index (χ4n) is 3.73. The predicted octanol–water partition coefficient (Wildman–Crippen LogP) is 4.39. The highest BCUT2D eigenvalue weighted by Gasteiger charge is 2.13. The molecule has 0 amide bonds. The van der Waals surface area contributed by atoms with E-state index in [0.717, 1.165) is 50.7 Å². The van der Waals surface area contributed by atoms with Gasteiger partial charge in [-0.3, -0.25) is 0 Å². The van der Waals surface area contributed by atoms with Gasteiger partial charge in [0.1, 0.15) is 38.0 Å². The molecule has 32 heavy (non-hydrogen) atoms. The Bertz CT molecular complexity index is 1400. The molecule has 1 aliphatic rings. The van der Waals surface area contributed by atoms with Crippen molar-refractivity contribution in [1.29, 1.82) is 0 Å². The number of nitrogens with zero attached hydrogens (tertiary/aromatic N) is 5. The SMILES string of the molecule is c1nc(Nc2ccc(-n3cncn3)cc2)c2cc(-c3ccc4c(c3)OCCO4)ccc2n1. The van der Waals surface area contributed by atoms with E-state index in [1.54, 1.807) is 17.3 Å². The lowest BCUT2D eigenvalue weighted by Gasteiger charge is -2.19. The predicted molar refractivity (Wildman–Crippen MR) is 121 cm³/mol. The van der Waals surface area contributed by atoms with Crippen LogP contribution in [-0.2, 0) is 0 Å². The number of anilines is 2. The highest BCUT2D eigenvalue weighted by Crippen LogP contribution is 2.36. The third kappa shape index (κ3) is 3.37. The average Bonchev–Trinajstić information content (AvgIpc) is 3.39. The summed E-state index contributed by atoms with van der Waals surface area (Å²) in [6, 6.07) is 20.1. The van der Waals surface area contributed by atoms with Gasteiger partial charge in [0.2, 0.25) is 0 Å². The molecule has 0 unspecified atom stereocenters. The number of hydrogen-bond donors (Lipinski definition) is 1. The molecule has 2 aromatic heterocycles. The van der Waals surface area contributed by atoms with Crippen molar-refractivity contribution in [3.05, 3.63) is 79.6 Å². The topological polar surface area (TPSA) is 87.0 Å². The Hall–Kier alpha value is -4.46. The summed E-state index contributed by atoms with van der Waals surface area (Å²) in [4.78, 5) is 12.9. The van der Waals surface area contributed by atoms with Gasteiger partial charge in [-0.2, -0.15) is 5.10 Å². The molecule has 3 heterocycles. The minimum absolute atomic E-state index is 0.561. The minimum atomic E-state index is 0.561. The normalized spacial score (nSPS) is 12.6. The van der Waals surface area contributed by atoms with E-state index in [1.165, 1.54) is 6.33 Å². The van der Waals surface area contributed by atoms with Gasteiger partial charge in [0, 0.05) is 11.1 Å². The number of fused-ring (bicyclic) bond motifs is 2. The summed E-state index contributed by atoms with van der Waals surface area (Å²) < 4.78 is 13.1. The highest BCUT2D eigenvalue weighted by atomic mass is 16.6. The van der Waals surface area contributed by atoms with Crippen LogP contribution in [0.5, 0.6) is 11.5 Å². The third-order valence-electron chi connectivity index (χ3n) is 5.32. The molecule has 6 rings (SSSR count). The van der Waals surface area contributed by atoms with Crippen LogP contribution in [0, 0.1) is 0 Å². The van der Waals surface area contributed by atoms with E-state index in [1.807, 2.05) is 48.5 Å². The monoisotopic (exact) mass is 422 g/mol. The van der Waals surface area contributed by atoms with Gasteiger partial charge in [-0.25, -0.2) is 19.6 Å². The van der Waals surface area contributed by atoms with Crippen LogP contribution >= 0.6 is 0 Å². The number of nitrogens with one attached hydrogen (secondary N) is 1. The molecular weight excluding hydrogens is 404 g/mol. The first kappa shape index (κ1) is 18.3. The number of rotatable bonds is 4. The maximum Gasteiger partial charge on any atom is 0.161 e. The van der Waals surface area contributed by atoms with Crippen LogP contribution in [0.2, 0.25) is 0 Å². The van der Waals surface area contributed by atoms with Gasteiger partial charge in [0.25, 0.3) is 0 Å². The van der Waals surface area contributed by atoms with Gasteiger partial charge in [0.05, 0.1) is 11.2 Å². The summed E-state index contributed by atoms with van der Waals surface area (Å²) in [6.45, 7) is 1.14. The van der Waals surface area contributed by atoms with E-state index in [9.17, 15) is 0 Å². The lowest BCUT2D eigenvalue weighted by Crippen LogP contribution is -2.15. The van der Waals surface area contributed by atoms with Crippen LogP contribution in [0.4, 0.5) is 11.5 Å². The number of ether oxygens (including phenoxy) is 2. The zero-order chi connectivity index (χ0) is 21.3. The Balaban J connectivity index is 1.34. The van der Waals surface area contributed by atoms with Crippen LogP contribution in [0.3, 0.4) is 0 Å². The zero-order valence-electron chi connectivity index (χ0n) is 17.0. The largest absolute Gasteiger partial charge is 0.486 e. The molecule has 1 aliphatic heterocycles. The summed E-state index contributed by atoms with van der Waals surface area (Å²) >= 11 is 0. The van der Waals surface area contributed by atoms with Crippen molar-refractivity contribution in [3.8, 4) is 28.3 Å². The molecule has 0 fully saturated rings. The molecule has 0 radical (unpaired) electrons. The summed E-state index contributed by atoms with van der Waals surface area (Å²) in [5, 5.41) is 8.49. The molecule has 0 saturated carbocycles. The van der Waals surface area contributed by atoms with Crippen LogP contribution in [0.25, 0.3) is 27.7 Å². The second-order valence-corrected chi connectivity index (χ2v) is 7.32. The van der Waals surface area contributed by atoms with Crippen LogP contribution in [0.1, 0.15) is 0 Å². The Labute approximate surface area is 183 Å². The Morgan fingerprint density at radius 1 is 0.781 bits per heavy atom. The first-order valence-corrected chi connectivity index (χ1v) is 10.2. The van der Waals surface area contributed by atoms with Crippen LogP contribution in [-0.4, -0.2) is 37.9 Å². The minimum Gasteiger partial charge on any atom is -0.486 e. The Morgan fingerprint density at radius 3 is 2.44 bits per heavy atom. The molecule has 5 aromatic rings. The maximum atomic E-state index is 5.74. The van der Waals surface area contributed by atoms with E-state index in [2.05, 4.69) is 37.5 Å². The van der Waals surface area contributed by atoms with Crippen molar-refractivity contribution in [2.75, 3.05) is 18.5 Å².